The topological polar surface area (TPSA) is 38.0 Å². The second-order valence-electron chi connectivity index (χ2n) is 6.14. The fourth-order valence-corrected chi connectivity index (χ4v) is 2.49. The summed E-state index contributed by atoms with van der Waals surface area (Å²) in [7, 11) is 0. The Balaban J connectivity index is 1.94. The first-order valence-electron chi connectivity index (χ1n) is 7.72. The van der Waals surface area contributed by atoms with Crippen LogP contribution >= 0.6 is 0 Å². The molecule has 2 rings (SSSR count). The van der Waals surface area contributed by atoms with Crippen molar-refractivity contribution in [2.24, 2.45) is 5.92 Å². The minimum absolute atomic E-state index is 0.317. The molecule has 2 heteroatoms. The van der Waals surface area contributed by atoms with E-state index in [1.165, 1.54) is 11.1 Å². The van der Waals surface area contributed by atoms with Gasteiger partial charge in [-0.1, -0.05) is 56.3 Å². The summed E-state index contributed by atoms with van der Waals surface area (Å²) in [6, 6.07) is 17.3. The Morgan fingerprint density at radius 2 is 1.62 bits per heavy atom. The van der Waals surface area contributed by atoms with Crippen molar-refractivity contribution >= 4 is 5.69 Å². The van der Waals surface area contributed by atoms with Crippen molar-refractivity contribution in [3.8, 4) is 0 Å². The van der Waals surface area contributed by atoms with Crippen molar-refractivity contribution in [2.75, 3.05) is 5.73 Å². The molecule has 0 radical (unpaired) electrons. The van der Waals surface area contributed by atoms with Gasteiger partial charge in [-0.25, -0.2) is 0 Å². The summed E-state index contributed by atoms with van der Waals surface area (Å²) in [5.74, 6) is 0.701. The Bertz CT molecular complexity index is 558. The molecule has 112 valence electrons. The van der Waals surface area contributed by atoms with E-state index < -0.39 is 0 Å². The van der Waals surface area contributed by atoms with Crippen LogP contribution in [0.3, 0.4) is 0 Å². The zero-order valence-corrected chi connectivity index (χ0v) is 13.3. The molecule has 3 N–H and O–H groups in total. The van der Waals surface area contributed by atoms with Crippen molar-refractivity contribution in [3.05, 3.63) is 65.2 Å². The van der Waals surface area contributed by atoms with Gasteiger partial charge in [0.05, 0.1) is 0 Å². The van der Waals surface area contributed by atoms with Gasteiger partial charge in [0.15, 0.2) is 0 Å². The molecule has 0 aliphatic rings. The molecule has 1 atom stereocenters. The van der Waals surface area contributed by atoms with E-state index >= 15 is 0 Å². The normalized spacial score (nSPS) is 12.6. The largest absolute Gasteiger partial charge is 0.398 e. The van der Waals surface area contributed by atoms with Gasteiger partial charge in [-0.15, -0.1) is 0 Å². The van der Waals surface area contributed by atoms with Gasteiger partial charge in [0.2, 0.25) is 0 Å². The quantitative estimate of drug-likeness (QED) is 0.774. The van der Waals surface area contributed by atoms with Crippen LogP contribution in [0, 0.1) is 5.92 Å². The molecule has 0 fully saturated rings. The first-order chi connectivity index (χ1) is 10.1. The number of hydrogen-bond acceptors (Lipinski definition) is 2. The van der Waals surface area contributed by atoms with Crippen LogP contribution in [-0.2, 0) is 13.0 Å². The number of nitrogen functional groups attached to an aromatic ring is 1. The zero-order valence-electron chi connectivity index (χ0n) is 13.3. The average molecular weight is 282 g/mol. The van der Waals surface area contributed by atoms with Crippen LogP contribution in [0.15, 0.2) is 48.5 Å². The Morgan fingerprint density at radius 3 is 2.24 bits per heavy atom. The lowest BCUT2D eigenvalue weighted by Gasteiger charge is -2.16. The Labute approximate surface area is 128 Å². The number of hydrogen-bond donors (Lipinski definition) is 2. The van der Waals surface area contributed by atoms with Gasteiger partial charge in [-0.3, -0.25) is 0 Å². The first kappa shape index (κ1) is 15.6. The van der Waals surface area contributed by atoms with Crippen LogP contribution in [0.2, 0.25) is 0 Å². The molecule has 21 heavy (non-hydrogen) atoms. The third kappa shape index (κ3) is 4.61. The van der Waals surface area contributed by atoms with E-state index in [1.54, 1.807) is 0 Å². The maximum absolute atomic E-state index is 5.97. The fourth-order valence-electron chi connectivity index (χ4n) is 2.49. The summed E-state index contributed by atoms with van der Waals surface area (Å²) in [6.07, 6.45) is 1.14. The van der Waals surface area contributed by atoms with Crippen molar-refractivity contribution in [3.63, 3.8) is 0 Å². The summed E-state index contributed by atoms with van der Waals surface area (Å²) in [6.45, 7) is 7.49. The summed E-state index contributed by atoms with van der Waals surface area (Å²) in [5, 5.41) is 3.54. The van der Waals surface area contributed by atoms with Crippen LogP contribution in [0.25, 0.3) is 0 Å². The molecular formula is C19H26N2. The highest BCUT2D eigenvalue weighted by molar-refractivity contribution is 5.46. The first-order valence-corrected chi connectivity index (χ1v) is 7.72. The molecule has 0 aromatic heterocycles. The highest BCUT2D eigenvalue weighted by Crippen LogP contribution is 2.17. The van der Waals surface area contributed by atoms with Gasteiger partial charge in [0, 0.05) is 18.3 Å². The summed E-state index contributed by atoms with van der Waals surface area (Å²) >= 11 is 0. The van der Waals surface area contributed by atoms with Gasteiger partial charge in [0.25, 0.3) is 0 Å². The highest BCUT2D eigenvalue weighted by Gasteiger charge is 2.06. The number of rotatable bonds is 6. The Hall–Kier alpha value is -1.80. The molecule has 1 unspecified atom stereocenters. The minimum Gasteiger partial charge on any atom is -0.398 e. The monoisotopic (exact) mass is 282 g/mol. The number of nitrogens with one attached hydrogen (secondary N) is 1. The smallest absolute Gasteiger partial charge is 0.0359 e. The van der Waals surface area contributed by atoms with Crippen LogP contribution in [0.4, 0.5) is 5.69 Å². The van der Waals surface area contributed by atoms with E-state index in [4.69, 9.17) is 5.73 Å². The second kappa shape index (κ2) is 7.28. The third-order valence-corrected chi connectivity index (χ3v) is 3.78. The average Bonchev–Trinajstić information content (AvgIpc) is 2.46. The lowest BCUT2D eigenvalue weighted by molar-refractivity contribution is 0.575. The molecule has 2 aromatic rings. The van der Waals surface area contributed by atoms with Crippen molar-refractivity contribution in [1.29, 1.82) is 0 Å². The van der Waals surface area contributed by atoms with E-state index in [0.29, 0.717) is 12.0 Å². The molecule has 0 saturated heterocycles. The lowest BCUT2D eigenvalue weighted by Crippen LogP contribution is -2.18. The second-order valence-corrected chi connectivity index (χ2v) is 6.14. The molecule has 0 heterocycles. The van der Waals surface area contributed by atoms with Gasteiger partial charge in [-0.05, 0) is 42.0 Å². The molecule has 0 bridgehead atoms. The van der Waals surface area contributed by atoms with Crippen molar-refractivity contribution in [2.45, 2.75) is 39.8 Å². The maximum Gasteiger partial charge on any atom is 0.0359 e. The number of para-hydroxylation sites is 1. The van der Waals surface area contributed by atoms with Crippen molar-refractivity contribution < 1.29 is 0 Å². The van der Waals surface area contributed by atoms with E-state index in [-0.39, 0.29) is 0 Å². The van der Waals surface area contributed by atoms with Gasteiger partial charge in [-0.2, -0.15) is 0 Å². The molecule has 2 aromatic carbocycles. The molecule has 0 aliphatic heterocycles. The fraction of sp³-hybridized carbons (Fsp3) is 0.368. The minimum atomic E-state index is 0.317. The molecule has 0 amide bonds. The predicted octanol–water partition coefficient (Wildman–Crippen LogP) is 4.32. The number of nitrogens with two attached hydrogens (primary N) is 1. The number of anilines is 1. The van der Waals surface area contributed by atoms with Crippen LogP contribution in [0.1, 0.15) is 43.5 Å². The molecule has 0 aliphatic carbocycles. The molecule has 0 saturated carbocycles. The van der Waals surface area contributed by atoms with Crippen molar-refractivity contribution in [1.82, 2.24) is 5.32 Å². The summed E-state index contributed by atoms with van der Waals surface area (Å²) in [5.41, 5.74) is 10.7. The predicted molar refractivity (Wildman–Crippen MR) is 91.1 cm³/mol. The summed E-state index contributed by atoms with van der Waals surface area (Å²) in [4.78, 5) is 0. The van der Waals surface area contributed by atoms with Gasteiger partial charge < -0.3 is 11.1 Å². The van der Waals surface area contributed by atoms with E-state index in [1.807, 2.05) is 18.2 Å². The van der Waals surface area contributed by atoms with E-state index in [2.05, 4.69) is 56.4 Å². The SMILES string of the molecule is CC(C)Cc1ccc(C(C)NCc2ccccc2N)cc1. The maximum atomic E-state index is 5.97. The lowest BCUT2D eigenvalue weighted by atomic mass is 10.00. The highest BCUT2D eigenvalue weighted by atomic mass is 14.9. The zero-order chi connectivity index (χ0) is 15.2. The Kier molecular flexibility index (Phi) is 5.40. The van der Waals surface area contributed by atoms with Crippen LogP contribution < -0.4 is 11.1 Å². The van der Waals surface area contributed by atoms with Crippen LogP contribution in [0.5, 0.6) is 0 Å². The molecular weight excluding hydrogens is 256 g/mol. The Morgan fingerprint density at radius 1 is 0.952 bits per heavy atom. The standard InChI is InChI=1S/C19H26N2/c1-14(2)12-16-8-10-17(11-9-16)15(3)21-13-18-6-4-5-7-19(18)20/h4-11,14-15,21H,12-13,20H2,1-3H3. The summed E-state index contributed by atoms with van der Waals surface area (Å²) < 4.78 is 0. The van der Waals surface area contributed by atoms with E-state index in [9.17, 15) is 0 Å². The molecule has 2 nitrogen and oxygen atoms in total. The van der Waals surface area contributed by atoms with E-state index in [0.717, 1.165) is 24.2 Å². The van der Waals surface area contributed by atoms with Gasteiger partial charge >= 0.3 is 0 Å². The van der Waals surface area contributed by atoms with Crippen LogP contribution in [-0.4, -0.2) is 0 Å². The number of benzene rings is 2. The molecule has 0 spiro atoms. The third-order valence-electron chi connectivity index (χ3n) is 3.78. The van der Waals surface area contributed by atoms with Gasteiger partial charge in [0.1, 0.15) is 0 Å².